The van der Waals surface area contributed by atoms with E-state index in [4.69, 9.17) is 23.2 Å². The van der Waals surface area contributed by atoms with Gasteiger partial charge in [0.15, 0.2) is 5.82 Å². The number of hydrogen-bond donors (Lipinski definition) is 2. The third-order valence-electron chi connectivity index (χ3n) is 2.14. The SMILES string of the molecule is Cc1cc(-c2nnc(N)n2N)ccc1Cl. The van der Waals surface area contributed by atoms with E-state index in [2.05, 4.69) is 10.2 Å². The van der Waals surface area contributed by atoms with Crippen LogP contribution >= 0.6 is 11.6 Å². The van der Waals surface area contributed by atoms with E-state index in [0.717, 1.165) is 11.1 Å². The Kier molecular flexibility index (Phi) is 2.24. The van der Waals surface area contributed by atoms with Crippen molar-refractivity contribution in [3.05, 3.63) is 28.8 Å². The molecule has 0 bridgehead atoms. The first kappa shape index (κ1) is 9.79. The lowest BCUT2D eigenvalue weighted by molar-refractivity contribution is 1.02. The van der Waals surface area contributed by atoms with Crippen molar-refractivity contribution in [2.75, 3.05) is 11.6 Å². The Balaban J connectivity index is 2.55. The molecule has 0 aliphatic carbocycles. The van der Waals surface area contributed by atoms with Crippen LogP contribution in [-0.2, 0) is 0 Å². The summed E-state index contributed by atoms with van der Waals surface area (Å²) in [5.41, 5.74) is 7.28. The molecule has 6 heteroatoms. The molecule has 1 aromatic carbocycles. The number of hydrogen-bond acceptors (Lipinski definition) is 4. The molecule has 0 unspecified atom stereocenters. The molecule has 2 aromatic rings. The van der Waals surface area contributed by atoms with Crippen LogP contribution in [0, 0.1) is 6.92 Å². The van der Waals surface area contributed by atoms with Gasteiger partial charge < -0.3 is 11.6 Å². The third-order valence-corrected chi connectivity index (χ3v) is 2.56. The smallest absolute Gasteiger partial charge is 0.241 e. The molecular weight excluding hydrogens is 214 g/mol. The molecule has 78 valence electrons. The molecule has 0 amide bonds. The van der Waals surface area contributed by atoms with Crippen molar-refractivity contribution in [1.82, 2.24) is 14.9 Å². The Morgan fingerprint density at radius 2 is 2.07 bits per heavy atom. The summed E-state index contributed by atoms with van der Waals surface area (Å²) in [5.74, 6) is 6.36. The number of aromatic nitrogens is 3. The first-order chi connectivity index (χ1) is 7.09. The van der Waals surface area contributed by atoms with E-state index in [0.29, 0.717) is 10.8 Å². The molecule has 1 aromatic heterocycles. The molecule has 0 aliphatic heterocycles. The van der Waals surface area contributed by atoms with Gasteiger partial charge >= 0.3 is 0 Å². The van der Waals surface area contributed by atoms with Crippen LogP contribution in [0.4, 0.5) is 5.95 Å². The number of nitrogens with zero attached hydrogens (tertiary/aromatic N) is 3. The zero-order chi connectivity index (χ0) is 11.0. The highest BCUT2D eigenvalue weighted by atomic mass is 35.5. The maximum atomic E-state index is 5.91. The van der Waals surface area contributed by atoms with E-state index < -0.39 is 0 Å². The van der Waals surface area contributed by atoms with Crippen LogP contribution in [0.3, 0.4) is 0 Å². The summed E-state index contributed by atoms with van der Waals surface area (Å²) in [6, 6.07) is 5.49. The van der Waals surface area contributed by atoms with Crippen molar-refractivity contribution in [2.45, 2.75) is 6.92 Å². The van der Waals surface area contributed by atoms with E-state index in [9.17, 15) is 0 Å². The average molecular weight is 224 g/mol. The molecule has 0 spiro atoms. The summed E-state index contributed by atoms with van der Waals surface area (Å²) < 4.78 is 1.24. The van der Waals surface area contributed by atoms with E-state index in [1.807, 2.05) is 19.1 Å². The van der Waals surface area contributed by atoms with Crippen molar-refractivity contribution in [3.8, 4) is 11.4 Å². The van der Waals surface area contributed by atoms with Crippen LogP contribution < -0.4 is 11.6 Å². The van der Waals surface area contributed by atoms with Crippen LogP contribution in [0.5, 0.6) is 0 Å². The van der Waals surface area contributed by atoms with Crippen molar-refractivity contribution in [3.63, 3.8) is 0 Å². The Bertz CT molecular complexity index is 505. The zero-order valence-electron chi connectivity index (χ0n) is 8.11. The van der Waals surface area contributed by atoms with Crippen molar-refractivity contribution in [1.29, 1.82) is 0 Å². The van der Waals surface area contributed by atoms with E-state index in [1.54, 1.807) is 6.07 Å². The quantitative estimate of drug-likeness (QED) is 0.712. The summed E-state index contributed by atoms with van der Waals surface area (Å²) >= 11 is 5.91. The van der Waals surface area contributed by atoms with Gasteiger partial charge in [0.25, 0.3) is 0 Å². The summed E-state index contributed by atoms with van der Waals surface area (Å²) in [6.07, 6.45) is 0. The molecule has 0 saturated heterocycles. The second kappa shape index (κ2) is 3.43. The second-order valence-electron chi connectivity index (χ2n) is 3.22. The zero-order valence-corrected chi connectivity index (χ0v) is 8.86. The van der Waals surface area contributed by atoms with Crippen LogP contribution in [-0.4, -0.2) is 14.9 Å². The lowest BCUT2D eigenvalue weighted by Crippen LogP contribution is -2.13. The fourth-order valence-electron chi connectivity index (χ4n) is 1.28. The summed E-state index contributed by atoms with van der Waals surface area (Å²) in [5, 5.41) is 8.26. The van der Waals surface area contributed by atoms with Gasteiger partial charge in [-0.1, -0.05) is 11.6 Å². The second-order valence-corrected chi connectivity index (χ2v) is 3.62. The number of nitrogen functional groups attached to an aromatic ring is 2. The minimum Gasteiger partial charge on any atom is -0.366 e. The minimum absolute atomic E-state index is 0.178. The van der Waals surface area contributed by atoms with Crippen molar-refractivity contribution >= 4 is 17.5 Å². The Hall–Kier alpha value is -1.75. The largest absolute Gasteiger partial charge is 0.366 e. The molecule has 1 heterocycles. The van der Waals surface area contributed by atoms with Crippen molar-refractivity contribution in [2.24, 2.45) is 0 Å². The topological polar surface area (TPSA) is 82.8 Å². The summed E-state index contributed by atoms with van der Waals surface area (Å²) in [7, 11) is 0. The third kappa shape index (κ3) is 1.61. The highest BCUT2D eigenvalue weighted by molar-refractivity contribution is 6.31. The van der Waals surface area contributed by atoms with E-state index >= 15 is 0 Å². The molecule has 0 atom stereocenters. The lowest BCUT2D eigenvalue weighted by atomic mass is 10.1. The van der Waals surface area contributed by atoms with Crippen LogP contribution in [0.1, 0.15) is 5.56 Å². The fourth-order valence-corrected chi connectivity index (χ4v) is 1.40. The maximum Gasteiger partial charge on any atom is 0.241 e. The summed E-state index contributed by atoms with van der Waals surface area (Å²) in [4.78, 5) is 0. The fraction of sp³-hybridized carbons (Fsp3) is 0.111. The normalized spacial score (nSPS) is 10.5. The predicted molar refractivity (Wildman–Crippen MR) is 59.8 cm³/mol. The van der Waals surface area contributed by atoms with Gasteiger partial charge in [0.05, 0.1) is 0 Å². The Labute approximate surface area is 91.6 Å². The molecule has 0 fully saturated rings. The first-order valence-electron chi connectivity index (χ1n) is 4.32. The van der Waals surface area contributed by atoms with Gasteiger partial charge in [-0.15, -0.1) is 10.2 Å². The molecule has 0 saturated carbocycles. The number of rotatable bonds is 1. The molecule has 5 nitrogen and oxygen atoms in total. The standard InChI is InChI=1S/C9H10ClN5/c1-5-4-6(2-3-7(5)10)8-13-14-9(11)15(8)12/h2-4H,12H2,1H3,(H2,11,14). The van der Waals surface area contributed by atoms with Gasteiger partial charge in [-0.3, -0.25) is 0 Å². The van der Waals surface area contributed by atoms with E-state index in [-0.39, 0.29) is 5.95 Å². The highest BCUT2D eigenvalue weighted by Crippen LogP contribution is 2.23. The molecule has 0 aliphatic rings. The monoisotopic (exact) mass is 223 g/mol. The van der Waals surface area contributed by atoms with Gasteiger partial charge in [0.2, 0.25) is 5.95 Å². The lowest BCUT2D eigenvalue weighted by Gasteiger charge is -2.03. The number of aryl methyl sites for hydroxylation is 1. The Morgan fingerprint density at radius 1 is 1.33 bits per heavy atom. The van der Waals surface area contributed by atoms with Crippen LogP contribution in [0.2, 0.25) is 5.02 Å². The number of halogens is 1. The molecule has 2 rings (SSSR count). The highest BCUT2D eigenvalue weighted by Gasteiger charge is 2.09. The predicted octanol–water partition coefficient (Wildman–Crippen LogP) is 1.20. The van der Waals surface area contributed by atoms with Gasteiger partial charge in [0.1, 0.15) is 0 Å². The number of nitrogens with two attached hydrogens (primary N) is 2. The maximum absolute atomic E-state index is 5.91. The van der Waals surface area contributed by atoms with Gasteiger partial charge in [-0.05, 0) is 30.7 Å². The van der Waals surface area contributed by atoms with E-state index in [1.165, 1.54) is 4.68 Å². The molecular formula is C9H10ClN5. The summed E-state index contributed by atoms with van der Waals surface area (Å²) in [6.45, 7) is 1.91. The first-order valence-corrected chi connectivity index (χ1v) is 4.70. The average Bonchev–Trinajstić information content (AvgIpc) is 2.53. The number of benzene rings is 1. The van der Waals surface area contributed by atoms with Gasteiger partial charge in [-0.25, -0.2) is 4.68 Å². The van der Waals surface area contributed by atoms with Crippen LogP contribution in [0.25, 0.3) is 11.4 Å². The Morgan fingerprint density at radius 3 is 2.60 bits per heavy atom. The molecule has 0 radical (unpaired) electrons. The molecule has 4 N–H and O–H groups in total. The molecule has 15 heavy (non-hydrogen) atoms. The van der Waals surface area contributed by atoms with Gasteiger partial charge in [-0.2, -0.15) is 0 Å². The van der Waals surface area contributed by atoms with Crippen LogP contribution in [0.15, 0.2) is 18.2 Å². The van der Waals surface area contributed by atoms with Crippen molar-refractivity contribution < 1.29 is 0 Å². The number of anilines is 1. The van der Waals surface area contributed by atoms with Gasteiger partial charge in [0, 0.05) is 10.6 Å². The minimum atomic E-state index is 0.178.